The van der Waals surface area contributed by atoms with Crippen LogP contribution in [0.2, 0.25) is 0 Å². The third kappa shape index (κ3) is 3.46. The molecule has 2 aromatic rings. The maximum Gasteiger partial charge on any atom is 0.256 e. The van der Waals surface area contributed by atoms with Crippen molar-refractivity contribution in [3.05, 3.63) is 52.1 Å². The number of halogens is 1. The Kier molecular flexibility index (Phi) is 4.78. The van der Waals surface area contributed by atoms with E-state index in [0.717, 1.165) is 22.5 Å². The molecule has 0 spiro atoms. The summed E-state index contributed by atoms with van der Waals surface area (Å²) in [5, 5.41) is 2.74. The van der Waals surface area contributed by atoms with Gasteiger partial charge in [0.05, 0.1) is 12.1 Å². The fraction of sp³-hybridized carbons (Fsp3) is 0.300. The number of hydrogen-bond acceptors (Lipinski definition) is 3. The van der Waals surface area contributed by atoms with Crippen molar-refractivity contribution in [1.29, 1.82) is 0 Å². The SMILES string of the molecule is Cc1[nH]c(/C=C2\C(=O)Nc3ccc(F)cc32)c(C)c1CC(=O)CN(C)C. The number of aryl methyl sites for hydroxylation is 1. The van der Waals surface area contributed by atoms with E-state index in [9.17, 15) is 14.0 Å². The number of ketones is 1. The first-order valence-corrected chi connectivity index (χ1v) is 8.43. The standard InChI is InChI=1S/C20H22FN3O2/c1-11-15(8-14(25)10-24(3)4)12(2)22-19(11)9-17-16-7-13(21)5-6-18(16)23-20(17)26/h5-7,9,22H,8,10H2,1-4H3,(H,23,26)/b17-9-. The molecule has 2 heterocycles. The Morgan fingerprint density at radius 2 is 2.00 bits per heavy atom. The number of H-pyrrole nitrogens is 1. The van der Waals surface area contributed by atoms with Crippen LogP contribution in [-0.4, -0.2) is 42.2 Å². The van der Waals surface area contributed by atoms with Gasteiger partial charge in [0.1, 0.15) is 5.82 Å². The molecular formula is C20H22FN3O2. The molecule has 0 bridgehead atoms. The molecule has 1 aromatic carbocycles. The highest BCUT2D eigenvalue weighted by Gasteiger charge is 2.25. The van der Waals surface area contributed by atoms with Gasteiger partial charge < -0.3 is 15.2 Å². The Hall–Kier alpha value is -2.73. The molecule has 2 N–H and O–H groups in total. The maximum absolute atomic E-state index is 13.6. The molecule has 26 heavy (non-hydrogen) atoms. The van der Waals surface area contributed by atoms with E-state index in [1.807, 2.05) is 32.8 Å². The molecule has 3 rings (SSSR count). The van der Waals surface area contributed by atoms with Gasteiger partial charge in [-0.15, -0.1) is 0 Å². The van der Waals surface area contributed by atoms with Crippen LogP contribution in [-0.2, 0) is 16.0 Å². The minimum absolute atomic E-state index is 0.130. The molecule has 1 amide bonds. The summed E-state index contributed by atoms with van der Waals surface area (Å²) in [7, 11) is 3.72. The zero-order chi connectivity index (χ0) is 19.0. The fourth-order valence-electron chi connectivity index (χ4n) is 3.28. The Morgan fingerprint density at radius 3 is 2.69 bits per heavy atom. The molecule has 1 aliphatic heterocycles. The Labute approximate surface area is 151 Å². The lowest BCUT2D eigenvalue weighted by Gasteiger charge is -2.08. The Balaban J connectivity index is 1.96. The van der Waals surface area contributed by atoms with Crippen molar-refractivity contribution in [2.75, 3.05) is 26.0 Å². The van der Waals surface area contributed by atoms with Crippen LogP contribution in [0.15, 0.2) is 18.2 Å². The van der Waals surface area contributed by atoms with Gasteiger partial charge in [0.15, 0.2) is 5.78 Å². The molecule has 6 heteroatoms. The summed E-state index contributed by atoms with van der Waals surface area (Å²) in [4.78, 5) is 29.5. The first-order chi connectivity index (χ1) is 12.3. The highest BCUT2D eigenvalue weighted by atomic mass is 19.1. The summed E-state index contributed by atoms with van der Waals surface area (Å²) in [6.45, 7) is 4.22. The topological polar surface area (TPSA) is 65.2 Å². The normalized spacial score (nSPS) is 14.8. The minimum atomic E-state index is -0.388. The number of likely N-dealkylation sites (N-methyl/N-ethyl adjacent to an activating group) is 1. The van der Waals surface area contributed by atoms with Crippen LogP contribution in [0.1, 0.15) is 28.1 Å². The van der Waals surface area contributed by atoms with E-state index >= 15 is 0 Å². The molecule has 5 nitrogen and oxygen atoms in total. The largest absolute Gasteiger partial charge is 0.359 e. The first kappa shape index (κ1) is 18.1. The smallest absolute Gasteiger partial charge is 0.256 e. The second-order valence-corrected chi connectivity index (χ2v) is 6.92. The van der Waals surface area contributed by atoms with Crippen LogP contribution in [0.3, 0.4) is 0 Å². The van der Waals surface area contributed by atoms with Crippen LogP contribution in [0.25, 0.3) is 11.6 Å². The van der Waals surface area contributed by atoms with Gasteiger partial charge in [-0.25, -0.2) is 4.39 Å². The number of benzene rings is 1. The predicted octanol–water partition coefficient (Wildman–Crippen LogP) is 2.94. The lowest BCUT2D eigenvalue weighted by Crippen LogP contribution is -2.23. The molecule has 136 valence electrons. The summed E-state index contributed by atoms with van der Waals surface area (Å²) in [6, 6.07) is 4.23. The average molecular weight is 355 g/mol. The molecular weight excluding hydrogens is 333 g/mol. The van der Waals surface area contributed by atoms with Gasteiger partial charge in [0.2, 0.25) is 0 Å². The van der Waals surface area contributed by atoms with E-state index in [4.69, 9.17) is 0 Å². The lowest BCUT2D eigenvalue weighted by molar-refractivity contribution is -0.119. The number of nitrogens with zero attached hydrogens (tertiary/aromatic N) is 1. The Bertz CT molecular complexity index is 925. The molecule has 0 radical (unpaired) electrons. The number of aromatic nitrogens is 1. The number of fused-ring (bicyclic) bond motifs is 1. The second kappa shape index (κ2) is 6.88. The number of rotatable bonds is 5. The van der Waals surface area contributed by atoms with Crippen LogP contribution in [0.5, 0.6) is 0 Å². The monoisotopic (exact) mass is 355 g/mol. The van der Waals surface area contributed by atoms with Gasteiger partial charge in [-0.05, 0) is 63.3 Å². The highest BCUT2D eigenvalue weighted by Crippen LogP contribution is 2.34. The summed E-state index contributed by atoms with van der Waals surface area (Å²) in [5.74, 6) is -0.520. The van der Waals surface area contributed by atoms with E-state index in [2.05, 4.69) is 10.3 Å². The third-order valence-electron chi connectivity index (χ3n) is 4.55. The number of carbonyl (C=O) groups is 2. The van der Waals surface area contributed by atoms with Crippen molar-refractivity contribution in [3.63, 3.8) is 0 Å². The molecule has 0 saturated carbocycles. The summed E-state index contributed by atoms with van der Waals surface area (Å²) >= 11 is 0. The number of carbonyl (C=O) groups excluding carboxylic acids is 2. The van der Waals surface area contributed by atoms with Gasteiger partial charge in [-0.1, -0.05) is 0 Å². The van der Waals surface area contributed by atoms with Crippen molar-refractivity contribution >= 4 is 29.0 Å². The van der Waals surface area contributed by atoms with E-state index in [-0.39, 0.29) is 17.5 Å². The van der Waals surface area contributed by atoms with Gasteiger partial charge in [0, 0.05) is 29.1 Å². The molecule has 0 aliphatic carbocycles. The number of nitrogens with one attached hydrogen (secondary N) is 2. The molecule has 0 unspecified atom stereocenters. The van der Waals surface area contributed by atoms with Crippen LogP contribution in [0.4, 0.5) is 10.1 Å². The van der Waals surface area contributed by atoms with Crippen LogP contribution < -0.4 is 5.32 Å². The van der Waals surface area contributed by atoms with Crippen LogP contribution in [0, 0.1) is 19.7 Å². The van der Waals surface area contributed by atoms with E-state index in [1.165, 1.54) is 12.1 Å². The molecule has 1 aromatic heterocycles. The third-order valence-corrected chi connectivity index (χ3v) is 4.55. The maximum atomic E-state index is 13.6. The zero-order valence-corrected chi connectivity index (χ0v) is 15.4. The molecule has 0 atom stereocenters. The molecule has 0 saturated heterocycles. The number of amides is 1. The lowest BCUT2D eigenvalue weighted by atomic mass is 10.0. The number of aromatic amines is 1. The summed E-state index contributed by atoms with van der Waals surface area (Å²) in [6.07, 6.45) is 2.07. The van der Waals surface area contributed by atoms with Gasteiger partial charge >= 0.3 is 0 Å². The van der Waals surface area contributed by atoms with Gasteiger partial charge in [-0.2, -0.15) is 0 Å². The summed E-state index contributed by atoms with van der Waals surface area (Å²) in [5.41, 5.74) is 5.10. The number of anilines is 1. The van der Waals surface area contributed by atoms with Crippen molar-refractivity contribution in [3.8, 4) is 0 Å². The van der Waals surface area contributed by atoms with Gasteiger partial charge in [-0.3, -0.25) is 9.59 Å². The summed E-state index contributed by atoms with van der Waals surface area (Å²) < 4.78 is 13.6. The van der Waals surface area contributed by atoms with Gasteiger partial charge in [0.25, 0.3) is 5.91 Å². The molecule has 1 aliphatic rings. The predicted molar refractivity (Wildman–Crippen MR) is 100 cm³/mol. The second-order valence-electron chi connectivity index (χ2n) is 6.92. The van der Waals surface area contributed by atoms with Crippen molar-refractivity contribution in [2.24, 2.45) is 0 Å². The quantitative estimate of drug-likeness (QED) is 0.811. The number of hydrogen-bond donors (Lipinski definition) is 2. The zero-order valence-electron chi connectivity index (χ0n) is 15.4. The van der Waals surface area contributed by atoms with E-state index in [1.54, 1.807) is 12.1 Å². The highest BCUT2D eigenvalue weighted by molar-refractivity contribution is 6.34. The number of Topliss-reactive ketones (excluding diaryl/α,β-unsaturated/α-hetero) is 1. The van der Waals surface area contributed by atoms with Crippen molar-refractivity contribution in [2.45, 2.75) is 20.3 Å². The average Bonchev–Trinajstić information content (AvgIpc) is 2.98. The minimum Gasteiger partial charge on any atom is -0.359 e. The van der Waals surface area contributed by atoms with E-state index < -0.39 is 0 Å². The van der Waals surface area contributed by atoms with Crippen molar-refractivity contribution in [1.82, 2.24) is 9.88 Å². The Morgan fingerprint density at radius 1 is 1.27 bits per heavy atom. The molecule has 0 fully saturated rings. The van der Waals surface area contributed by atoms with E-state index in [0.29, 0.717) is 29.8 Å². The van der Waals surface area contributed by atoms with Crippen molar-refractivity contribution < 1.29 is 14.0 Å². The first-order valence-electron chi connectivity index (χ1n) is 8.43. The fourth-order valence-corrected chi connectivity index (χ4v) is 3.28. The van der Waals surface area contributed by atoms with Crippen LogP contribution >= 0.6 is 0 Å².